The van der Waals surface area contributed by atoms with E-state index in [0.29, 0.717) is 0 Å². The maximum atomic E-state index is 6.25. The predicted molar refractivity (Wildman–Crippen MR) is 59.1 cm³/mol. The molecular weight excluding hydrogens is 172 g/mol. The Kier molecular flexibility index (Phi) is 7.51. The molecule has 1 saturated heterocycles. The van der Waals surface area contributed by atoms with Crippen LogP contribution >= 0.6 is 0 Å². The van der Waals surface area contributed by atoms with Crippen LogP contribution in [0.5, 0.6) is 0 Å². The number of unbranched alkanes of at least 4 members (excludes halogenated alkanes) is 2. The molecule has 0 atom stereocenters. The highest BCUT2D eigenvalue weighted by atomic mass is 15.3. The van der Waals surface area contributed by atoms with Crippen LogP contribution in [0.4, 0.5) is 0 Å². The molecule has 82 valence electrons. The van der Waals surface area contributed by atoms with Crippen LogP contribution < -0.4 is 0 Å². The Morgan fingerprint density at radius 3 is 2.14 bits per heavy atom. The minimum absolute atomic E-state index is 1.36. The molecule has 2 heteroatoms. The van der Waals surface area contributed by atoms with Crippen molar-refractivity contribution in [1.29, 1.82) is 5.26 Å². The van der Waals surface area contributed by atoms with Gasteiger partial charge in [-0.15, -0.1) is 0 Å². The van der Waals surface area contributed by atoms with E-state index in [-0.39, 0.29) is 0 Å². The van der Waals surface area contributed by atoms with E-state index in [1.165, 1.54) is 62.6 Å². The Morgan fingerprint density at radius 1 is 1.07 bits per heavy atom. The van der Waals surface area contributed by atoms with Crippen LogP contribution in [0.3, 0.4) is 0 Å². The summed E-state index contributed by atoms with van der Waals surface area (Å²) in [6, 6.07) is 0. The van der Waals surface area contributed by atoms with Gasteiger partial charge in [-0.05, 0) is 32.1 Å². The van der Waals surface area contributed by atoms with Gasteiger partial charge in [-0.1, -0.05) is 13.3 Å². The fraction of sp³-hybridized carbons (Fsp3) is 0.917. The van der Waals surface area contributed by atoms with E-state index in [0.717, 1.165) is 0 Å². The van der Waals surface area contributed by atoms with Gasteiger partial charge in [0, 0.05) is 0 Å². The highest BCUT2D eigenvalue weighted by Crippen LogP contribution is 2.17. The highest BCUT2D eigenvalue weighted by molar-refractivity contribution is 4.51. The van der Waals surface area contributed by atoms with Gasteiger partial charge in [-0.3, -0.25) is 0 Å². The third-order valence-corrected chi connectivity index (χ3v) is 3.20. The fourth-order valence-electron chi connectivity index (χ4n) is 2.24. The minimum atomic E-state index is 1.36. The zero-order valence-electron chi connectivity index (χ0n) is 9.76. The molecule has 0 N–H and O–H groups in total. The molecule has 0 aromatic rings. The highest BCUT2D eigenvalue weighted by Gasteiger charge is 2.23. The van der Waals surface area contributed by atoms with Gasteiger partial charge in [0.1, 0.15) is 0 Å². The van der Waals surface area contributed by atoms with Gasteiger partial charge >= 0.3 is 0 Å². The third-order valence-electron chi connectivity index (χ3n) is 3.20. The van der Waals surface area contributed by atoms with Crippen molar-refractivity contribution < 1.29 is 4.48 Å². The second-order valence-corrected chi connectivity index (χ2v) is 4.56. The summed E-state index contributed by atoms with van der Waals surface area (Å²) in [5.41, 5.74) is 0. The van der Waals surface area contributed by atoms with Gasteiger partial charge in [-0.2, -0.15) is 0 Å². The van der Waals surface area contributed by atoms with E-state index >= 15 is 0 Å². The molecule has 14 heavy (non-hydrogen) atoms. The molecule has 1 aliphatic heterocycles. The summed E-state index contributed by atoms with van der Waals surface area (Å²) < 4.78 is 1.36. The molecule has 0 spiro atoms. The largest absolute Gasteiger partial charge is 0.512 e. The minimum Gasteiger partial charge on any atom is -0.512 e. The van der Waals surface area contributed by atoms with E-state index in [9.17, 15) is 0 Å². The second kappa shape index (κ2) is 7.82. The van der Waals surface area contributed by atoms with E-state index in [1.807, 2.05) is 0 Å². The zero-order chi connectivity index (χ0) is 10.9. The average Bonchev–Trinajstić information content (AvgIpc) is 2.22. The van der Waals surface area contributed by atoms with Crippen LogP contribution in [0.2, 0.25) is 0 Å². The first kappa shape index (κ1) is 13.4. The summed E-state index contributed by atoms with van der Waals surface area (Å²) in [6.07, 6.45) is 8.62. The molecule has 1 fully saturated rings. The Balaban J connectivity index is 0.000000791. The van der Waals surface area contributed by atoms with Gasteiger partial charge in [0.15, 0.2) is 0 Å². The molecule has 0 aromatic heterocycles. The monoisotopic (exact) mass is 196 g/mol. The van der Waals surface area contributed by atoms with Gasteiger partial charge in [0.2, 0.25) is 0 Å². The first-order chi connectivity index (χ1) is 6.77. The summed E-state index contributed by atoms with van der Waals surface area (Å²) in [6.45, 7) is 11.3. The van der Waals surface area contributed by atoms with Crippen molar-refractivity contribution >= 4 is 0 Å². The average molecular weight is 196 g/mol. The lowest BCUT2D eigenvalue weighted by Crippen LogP contribution is -2.48. The van der Waals surface area contributed by atoms with Gasteiger partial charge < -0.3 is 16.3 Å². The van der Waals surface area contributed by atoms with Crippen molar-refractivity contribution in [2.24, 2.45) is 0 Å². The normalized spacial score (nSPS) is 19.4. The number of nitrogens with zero attached hydrogens (tertiary/aromatic N) is 2. The number of hydrogen-bond donors (Lipinski definition) is 0. The molecule has 1 heterocycles. The molecule has 0 bridgehead atoms. The van der Waals surface area contributed by atoms with Crippen LogP contribution in [0.25, 0.3) is 0 Å². The van der Waals surface area contributed by atoms with Crippen LogP contribution in [0.15, 0.2) is 0 Å². The maximum absolute atomic E-state index is 6.25. The van der Waals surface area contributed by atoms with E-state index < -0.39 is 0 Å². The summed E-state index contributed by atoms with van der Waals surface area (Å²) >= 11 is 0. The molecule has 0 unspecified atom stereocenters. The molecule has 1 aliphatic rings. The van der Waals surface area contributed by atoms with Crippen molar-refractivity contribution in [2.45, 2.75) is 45.4 Å². The van der Waals surface area contributed by atoms with Crippen molar-refractivity contribution in [3.8, 4) is 0 Å². The number of piperidine rings is 1. The summed E-state index contributed by atoms with van der Waals surface area (Å²) in [5.74, 6) is 0. The topological polar surface area (TPSA) is 23.8 Å². The SMILES string of the molecule is CCCCC[N+]1(C)CCCCC1.[C-]#N. The Morgan fingerprint density at radius 2 is 1.64 bits per heavy atom. The lowest BCUT2D eigenvalue weighted by Gasteiger charge is -2.37. The lowest BCUT2D eigenvalue weighted by atomic mass is 10.1. The molecular formula is C12H24N2. The number of hydrogen-bond acceptors (Lipinski definition) is 1. The number of quaternary nitrogens is 1. The molecule has 1 rings (SSSR count). The van der Waals surface area contributed by atoms with Crippen molar-refractivity contribution in [3.63, 3.8) is 0 Å². The number of likely N-dealkylation sites (tertiary alicyclic amines) is 1. The van der Waals surface area contributed by atoms with Gasteiger partial charge in [0.25, 0.3) is 0 Å². The predicted octanol–water partition coefficient (Wildman–Crippen LogP) is 2.90. The van der Waals surface area contributed by atoms with Crippen LogP contribution in [-0.4, -0.2) is 31.2 Å². The summed E-state index contributed by atoms with van der Waals surface area (Å²) in [7, 11) is 2.44. The van der Waals surface area contributed by atoms with Gasteiger partial charge in [0.05, 0.1) is 26.7 Å². The molecule has 2 nitrogen and oxygen atoms in total. The van der Waals surface area contributed by atoms with E-state index in [2.05, 4.69) is 14.0 Å². The standard InChI is InChI=1S/C11H24N.CN/c1-3-4-6-9-12(2)10-7-5-8-11-12;1-2/h3-11H2,1-2H3;/q+1;-1. The molecule has 0 aliphatic carbocycles. The Bertz CT molecular complexity index is 146. The van der Waals surface area contributed by atoms with Crippen LogP contribution in [0, 0.1) is 11.8 Å². The first-order valence-corrected chi connectivity index (χ1v) is 5.83. The smallest absolute Gasteiger partial charge is 0.0784 e. The Labute approximate surface area is 89.1 Å². The fourth-order valence-corrected chi connectivity index (χ4v) is 2.24. The quantitative estimate of drug-likeness (QED) is 0.385. The zero-order valence-corrected chi connectivity index (χ0v) is 9.76. The van der Waals surface area contributed by atoms with Crippen LogP contribution in [0.1, 0.15) is 45.4 Å². The van der Waals surface area contributed by atoms with E-state index in [1.54, 1.807) is 0 Å². The molecule has 0 aromatic carbocycles. The second-order valence-electron chi connectivity index (χ2n) is 4.56. The summed E-state index contributed by atoms with van der Waals surface area (Å²) in [5, 5.41) is 6.25. The third kappa shape index (κ3) is 5.24. The Hall–Kier alpha value is -0.550. The maximum Gasteiger partial charge on any atom is 0.0784 e. The van der Waals surface area contributed by atoms with Crippen molar-refractivity contribution in [1.82, 2.24) is 0 Å². The van der Waals surface area contributed by atoms with Crippen molar-refractivity contribution in [3.05, 3.63) is 6.57 Å². The first-order valence-electron chi connectivity index (χ1n) is 5.83. The summed E-state index contributed by atoms with van der Waals surface area (Å²) in [4.78, 5) is 0. The molecule has 0 amide bonds. The molecule has 0 saturated carbocycles. The van der Waals surface area contributed by atoms with Crippen LogP contribution in [-0.2, 0) is 0 Å². The molecule has 0 radical (unpaired) electrons. The number of rotatable bonds is 4. The van der Waals surface area contributed by atoms with Crippen molar-refractivity contribution in [2.75, 3.05) is 26.7 Å². The van der Waals surface area contributed by atoms with Gasteiger partial charge in [-0.25, -0.2) is 0 Å². The van der Waals surface area contributed by atoms with E-state index in [4.69, 9.17) is 11.8 Å². The lowest BCUT2D eigenvalue weighted by molar-refractivity contribution is -0.914.